The van der Waals surface area contributed by atoms with E-state index in [0.717, 1.165) is 25.3 Å². The molecule has 0 bridgehead atoms. The molecule has 1 saturated heterocycles. The molecule has 0 aromatic heterocycles. The second-order valence-electron chi connectivity index (χ2n) is 7.79. The number of methoxy groups -OCH3 is 1. The van der Waals surface area contributed by atoms with Crippen LogP contribution in [0.3, 0.4) is 0 Å². The molecule has 1 fully saturated rings. The van der Waals surface area contributed by atoms with Crippen molar-refractivity contribution in [2.75, 3.05) is 47.4 Å². The highest BCUT2D eigenvalue weighted by Crippen LogP contribution is 2.31. The summed E-state index contributed by atoms with van der Waals surface area (Å²) in [7, 11) is 5.22. The highest BCUT2D eigenvalue weighted by molar-refractivity contribution is 14.0. The number of carbonyl (C=O) groups is 1. The molecule has 7 nitrogen and oxygen atoms in total. The molecular formula is C22H38IN5O2. The summed E-state index contributed by atoms with van der Waals surface area (Å²) in [6.07, 6.45) is 3.41. The number of halogens is 1. The van der Waals surface area contributed by atoms with Gasteiger partial charge in [0.05, 0.1) is 13.2 Å². The highest BCUT2D eigenvalue weighted by Gasteiger charge is 2.26. The fourth-order valence-electron chi connectivity index (χ4n) is 3.40. The quantitative estimate of drug-likeness (QED) is 0.292. The van der Waals surface area contributed by atoms with Crippen molar-refractivity contribution < 1.29 is 9.53 Å². The van der Waals surface area contributed by atoms with Crippen LogP contribution in [-0.2, 0) is 4.79 Å². The third-order valence-corrected chi connectivity index (χ3v) is 5.41. The fourth-order valence-corrected chi connectivity index (χ4v) is 3.40. The van der Waals surface area contributed by atoms with Gasteiger partial charge in [0, 0.05) is 32.2 Å². The maximum atomic E-state index is 12.0. The van der Waals surface area contributed by atoms with Gasteiger partial charge in [0.15, 0.2) is 5.96 Å². The Kier molecular flexibility index (Phi) is 12.1. The highest BCUT2D eigenvalue weighted by atomic mass is 127. The largest absolute Gasteiger partial charge is 0.496 e. The first-order valence-corrected chi connectivity index (χ1v) is 10.6. The van der Waals surface area contributed by atoms with E-state index in [0.29, 0.717) is 12.5 Å². The molecule has 1 aromatic carbocycles. The van der Waals surface area contributed by atoms with E-state index in [1.54, 1.807) is 26.1 Å². The van der Waals surface area contributed by atoms with Crippen LogP contribution in [0.1, 0.15) is 44.7 Å². The van der Waals surface area contributed by atoms with Crippen molar-refractivity contribution in [3.8, 4) is 5.75 Å². The minimum atomic E-state index is -0.0175. The van der Waals surface area contributed by atoms with E-state index in [1.807, 2.05) is 12.1 Å². The molecule has 1 amide bonds. The number of rotatable bonds is 9. The molecule has 0 spiro atoms. The first kappa shape index (κ1) is 26.5. The van der Waals surface area contributed by atoms with Crippen molar-refractivity contribution in [1.29, 1.82) is 0 Å². The second kappa shape index (κ2) is 13.7. The number of hydrogen-bond acceptors (Lipinski definition) is 4. The Morgan fingerprint density at radius 1 is 1.27 bits per heavy atom. The summed E-state index contributed by atoms with van der Waals surface area (Å²) in [5.41, 5.74) is 1.18. The number of hydrogen-bond donors (Lipinski definition) is 2. The number of amides is 1. The van der Waals surface area contributed by atoms with E-state index in [2.05, 4.69) is 46.5 Å². The molecule has 1 aliphatic heterocycles. The Morgan fingerprint density at radius 3 is 2.53 bits per heavy atom. The van der Waals surface area contributed by atoms with Crippen LogP contribution in [0.4, 0.5) is 0 Å². The molecular weight excluding hydrogens is 493 g/mol. The van der Waals surface area contributed by atoms with Crippen LogP contribution in [-0.4, -0.2) is 75.1 Å². The number of nitrogens with zero attached hydrogens (tertiary/aromatic N) is 3. The minimum Gasteiger partial charge on any atom is -0.496 e. The van der Waals surface area contributed by atoms with Gasteiger partial charge in [-0.25, -0.2) is 4.99 Å². The predicted molar refractivity (Wildman–Crippen MR) is 134 cm³/mol. The van der Waals surface area contributed by atoms with Gasteiger partial charge in [-0.2, -0.15) is 0 Å². The first-order chi connectivity index (χ1) is 14.0. The molecule has 30 heavy (non-hydrogen) atoms. The molecule has 1 heterocycles. The zero-order chi connectivity index (χ0) is 21.2. The van der Waals surface area contributed by atoms with E-state index < -0.39 is 0 Å². The van der Waals surface area contributed by atoms with Crippen molar-refractivity contribution in [2.45, 2.75) is 45.2 Å². The predicted octanol–water partition coefficient (Wildman–Crippen LogP) is 2.87. The molecule has 170 valence electrons. The van der Waals surface area contributed by atoms with Crippen molar-refractivity contribution in [3.05, 3.63) is 29.8 Å². The molecule has 8 heteroatoms. The first-order valence-electron chi connectivity index (χ1n) is 10.6. The third kappa shape index (κ3) is 7.94. The molecule has 0 saturated carbocycles. The topological polar surface area (TPSA) is 69.2 Å². The van der Waals surface area contributed by atoms with Crippen LogP contribution >= 0.6 is 24.0 Å². The molecule has 2 rings (SSSR count). The van der Waals surface area contributed by atoms with Crippen LogP contribution in [0.5, 0.6) is 5.75 Å². The number of aliphatic imine (C=N–C) groups is 1. The molecule has 2 N–H and O–H groups in total. The Hall–Kier alpha value is -1.55. The number of para-hydroxylation sites is 1. The zero-order valence-electron chi connectivity index (χ0n) is 19.0. The molecule has 1 aromatic rings. The van der Waals surface area contributed by atoms with Crippen LogP contribution < -0.4 is 15.4 Å². The smallest absolute Gasteiger partial charge is 0.243 e. The maximum Gasteiger partial charge on any atom is 0.243 e. The number of ether oxygens (including phenoxy) is 1. The summed E-state index contributed by atoms with van der Waals surface area (Å²) in [5, 5.41) is 6.88. The van der Waals surface area contributed by atoms with Crippen molar-refractivity contribution in [3.63, 3.8) is 0 Å². The van der Waals surface area contributed by atoms with Crippen LogP contribution in [0, 0.1) is 0 Å². The fraction of sp³-hybridized carbons (Fsp3) is 0.636. The van der Waals surface area contributed by atoms with Gasteiger partial charge in [-0.3, -0.25) is 9.69 Å². The standard InChI is InChI=1S/C22H37N5O2.HI/c1-6-17(2)25-22(24-16-21(28)26(3)4)23-15-19(27-13-9-10-14-27)18-11-7-8-12-20(18)29-5;/h7-8,11-12,17,19H,6,9-10,13-16H2,1-5H3,(H2,23,24,25);1H. The van der Waals surface area contributed by atoms with Crippen LogP contribution in [0.25, 0.3) is 0 Å². The molecule has 2 atom stereocenters. The van der Waals surface area contributed by atoms with Gasteiger partial charge in [0.25, 0.3) is 0 Å². The number of likely N-dealkylation sites (N-methyl/N-ethyl adjacent to an activating group) is 1. The van der Waals surface area contributed by atoms with E-state index in [-0.39, 0.29) is 48.5 Å². The van der Waals surface area contributed by atoms with Gasteiger partial charge in [0.1, 0.15) is 12.3 Å². The van der Waals surface area contributed by atoms with E-state index in [4.69, 9.17) is 4.74 Å². The third-order valence-electron chi connectivity index (χ3n) is 5.41. The van der Waals surface area contributed by atoms with Gasteiger partial charge >= 0.3 is 0 Å². The summed E-state index contributed by atoms with van der Waals surface area (Å²) in [4.78, 5) is 20.6. The summed E-state index contributed by atoms with van der Waals surface area (Å²) in [6, 6.07) is 8.66. The van der Waals surface area contributed by atoms with E-state index in [1.165, 1.54) is 18.4 Å². The average molecular weight is 531 g/mol. The number of likely N-dealkylation sites (tertiary alicyclic amines) is 1. The number of carbonyl (C=O) groups excluding carboxylic acids is 1. The molecule has 0 aliphatic carbocycles. The van der Waals surface area contributed by atoms with Crippen LogP contribution in [0.15, 0.2) is 29.3 Å². The van der Waals surface area contributed by atoms with Gasteiger partial charge in [-0.05, 0) is 45.3 Å². The zero-order valence-corrected chi connectivity index (χ0v) is 21.3. The van der Waals surface area contributed by atoms with Crippen molar-refractivity contribution in [2.24, 2.45) is 4.99 Å². The van der Waals surface area contributed by atoms with Gasteiger partial charge < -0.3 is 20.3 Å². The monoisotopic (exact) mass is 531 g/mol. The molecule has 0 radical (unpaired) electrons. The lowest BCUT2D eigenvalue weighted by Gasteiger charge is -2.30. The Bertz CT molecular complexity index is 677. The minimum absolute atomic E-state index is 0. The van der Waals surface area contributed by atoms with E-state index >= 15 is 0 Å². The summed E-state index contributed by atoms with van der Waals surface area (Å²) in [6.45, 7) is 7.22. The summed E-state index contributed by atoms with van der Waals surface area (Å²) in [5.74, 6) is 1.56. The van der Waals surface area contributed by atoms with Gasteiger partial charge in [-0.1, -0.05) is 25.1 Å². The number of nitrogens with one attached hydrogen (secondary N) is 2. The molecule has 1 aliphatic rings. The Morgan fingerprint density at radius 2 is 1.93 bits per heavy atom. The Labute approximate surface area is 198 Å². The van der Waals surface area contributed by atoms with E-state index in [9.17, 15) is 4.79 Å². The average Bonchev–Trinajstić information content (AvgIpc) is 3.26. The van der Waals surface area contributed by atoms with Gasteiger partial charge in [0.2, 0.25) is 5.91 Å². The van der Waals surface area contributed by atoms with Gasteiger partial charge in [-0.15, -0.1) is 24.0 Å². The number of benzene rings is 1. The Balaban J connectivity index is 0.00000450. The van der Waals surface area contributed by atoms with Crippen LogP contribution in [0.2, 0.25) is 0 Å². The summed E-state index contributed by atoms with van der Waals surface area (Å²) >= 11 is 0. The van der Waals surface area contributed by atoms with Crippen molar-refractivity contribution in [1.82, 2.24) is 20.4 Å². The number of guanidine groups is 1. The maximum absolute atomic E-state index is 12.0. The lowest BCUT2D eigenvalue weighted by Crippen LogP contribution is -2.46. The normalized spacial score (nSPS) is 16.4. The van der Waals surface area contributed by atoms with Crippen molar-refractivity contribution >= 4 is 35.8 Å². The molecule has 2 unspecified atom stereocenters. The SMILES string of the molecule is CCC(C)NC(=NCC(=O)N(C)C)NCC(c1ccccc1OC)N1CCCC1.I. The summed E-state index contributed by atoms with van der Waals surface area (Å²) < 4.78 is 5.63. The second-order valence-corrected chi connectivity index (χ2v) is 7.79. The lowest BCUT2D eigenvalue weighted by molar-refractivity contribution is -0.127. The lowest BCUT2D eigenvalue weighted by atomic mass is 10.0.